The summed E-state index contributed by atoms with van der Waals surface area (Å²) in [6.07, 6.45) is -5.22. The van der Waals surface area contributed by atoms with Crippen LogP contribution in [-0.4, -0.2) is 30.3 Å². The van der Waals surface area contributed by atoms with Crippen LogP contribution in [0.1, 0.15) is 10.4 Å². The zero-order chi connectivity index (χ0) is 14.8. The average molecular weight is 281 g/mol. The standard InChI is InChI=1S/C10H7F4NO4/c1-19-7-2-4(8(16)17)6(3-5(7)11)15-9(18)10(12,13)14/h2-3H,1H3,(H,15,18)(H,16,17). The summed E-state index contributed by atoms with van der Waals surface area (Å²) in [5, 5.41) is 10.1. The first-order valence-corrected chi connectivity index (χ1v) is 4.65. The Morgan fingerprint density at radius 2 is 1.89 bits per heavy atom. The number of halogens is 4. The molecule has 1 rings (SSSR count). The van der Waals surface area contributed by atoms with Gasteiger partial charge in [-0.15, -0.1) is 0 Å². The molecule has 104 valence electrons. The highest BCUT2D eigenvalue weighted by atomic mass is 19.4. The lowest BCUT2D eigenvalue weighted by atomic mass is 10.1. The normalized spacial score (nSPS) is 11.0. The predicted octanol–water partition coefficient (Wildman–Crippen LogP) is 2.03. The van der Waals surface area contributed by atoms with Crippen molar-refractivity contribution in [2.45, 2.75) is 6.18 Å². The minimum absolute atomic E-state index is 0.436. The van der Waals surface area contributed by atoms with Gasteiger partial charge in [-0.2, -0.15) is 13.2 Å². The lowest BCUT2D eigenvalue weighted by Gasteiger charge is -2.12. The molecule has 9 heteroatoms. The Hall–Kier alpha value is -2.32. The summed E-state index contributed by atoms with van der Waals surface area (Å²) in [6, 6.07) is 1.11. The lowest BCUT2D eigenvalue weighted by molar-refractivity contribution is -0.167. The van der Waals surface area contributed by atoms with Gasteiger partial charge in [0.25, 0.3) is 0 Å². The topological polar surface area (TPSA) is 75.6 Å². The number of carboxylic acid groups (broad SMARTS) is 1. The van der Waals surface area contributed by atoms with Crippen molar-refractivity contribution >= 4 is 17.6 Å². The molecule has 0 aliphatic rings. The van der Waals surface area contributed by atoms with Crippen LogP contribution in [0.5, 0.6) is 5.75 Å². The van der Waals surface area contributed by atoms with E-state index in [2.05, 4.69) is 4.74 Å². The number of alkyl halides is 3. The van der Waals surface area contributed by atoms with Crippen LogP contribution >= 0.6 is 0 Å². The van der Waals surface area contributed by atoms with Gasteiger partial charge in [0.1, 0.15) is 0 Å². The van der Waals surface area contributed by atoms with Gasteiger partial charge in [0.2, 0.25) is 0 Å². The van der Waals surface area contributed by atoms with Gasteiger partial charge in [-0.3, -0.25) is 4.79 Å². The monoisotopic (exact) mass is 281 g/mol. The number of benzene rings is 1. The second-order valence-corrected chi connectivity index (χ2v) is 3.29. The highest BCUT2D eigenvalue weighted by molar-refractivity contribution is 6.02. The van der Waals surface area contributed by atoms with Gasteiger partial charge in [0, 0.05) is 6.07 Å². The number of carbonyl (C=O) groups excluding carboxylic acids is 1. The molecule has 0 bridgehead atoms. The highest BCUT2D eigenvalue weighted by Crippen LogP contribution is 2.27. The third-order valence-corrected chi connectivity index (χ3v) is 2.03. The van der Waals surface area contributed by atoms with Crippen molar-refractivity contribution in [2.24, 2.45) is 0 Å². The number of methoxy groups -OCH3 is 1. The second kappa shape index (κ2) is 5.12. The Kier molecular flexibility index (Phi) is 3.98. The third-order valence-electron chi connectivity index (χ3n) is 2.03. The first kappa shape index (κ1) is 14.7. The Labute approximate surface area is 103 Å². The van der Waals surface area contributed by atoms with Gasteiger partial charge >= 0.3 is 18.1 Å². The second-order valence-electron chi connectivity index (χ2n) is 3.29. The number of hydrogen-bond acceptors (Lipinski definition) is 3. The van der Waals surface area contributed by atoms with Crippen LogP contribution in [-0.2, 0) is 4.79 Å². The maximum absolute atomic E-state index is 13.3. The molecule has 0 spiro atoms. The Morgan fingerprint density at radius 3 is 2.32 bits per heavy atom. The first-order chi connectivity index (χ1) is 8.66. The maximum atomic E-state index is 13.3. The third kappa shape index (κ3) is 3.33. The molecule has 2 N–H and O–H groups in total. The van der Waals surface area contributed by atoms with E-state index in [1.54, 1.807) is 0 Å². The molecule has 0 heterocycles. The molecule has 1 aromatic rings. The van der Waals surface area contributed by atoms with Crippen LogP contribution in [0, 0.1) is 5.82 Å². The molecule has 0 atom stereocenters. The molecule has 0 fully saturated rings. The summed E-state index contributed by atoms with van der Waals surface area (Å²) in [4.78, 5) is 21.5. The van der Waals surface area contributed by atoms with Crippen molar-refractivity contribution in [2.75, 3.05) is 12.4 Å². The number of rotatable bonds is 3. The molecule has 0 radical (unpaired) electrons. The summed E-state index contributed by atoms with van der Waals surface area (Å²) < 4.78 is 53.9. The van der Waals surface area contributed by atoms with Crippen molar-refractivity contribution in [1.82, 2.24) is 0 Å². The van der Waals surface area contributed by atoms with E-state index in [0.717, 1.165) is 7.11 Å². The summed E-state index contributed by atoms with van der Waals surface area (Å²) in [6.45, 7) is 0. The smallest absolute Gasteiger partial charge is 0.471 e. The highest BCUT2D eigenvalue weighted by Gasteiger charge is 2.39. The van der Waals surface area contributed by atoms with E-state index in [1.165, 1.54) is 5.32 Å². The van der Waals surface area contributed by atoms with Crippen LogP contribution < -0.4 is 10.1 Å². The predicted molar refractivity (Wildman–Crippen MR) is 54.6 cm³/mol. The minimum atomic E-state index is -5.22. The van der Waals surface area contributed by atoms with Gasteiger partial charge in [-0.05, 0) is 6.07 Å². The van der Waals surface area contributed by atoms with Crippen molar-refractivity contribution < 1.29 is 37.0 Å². The van der Waals surface area contributed by atoms with E-state index in [0.29, 0.717) is 12.1 Å². The van der Waals surface area contributed by atoms with Gasteiger partial charge in [-0.25, -0.2) is 9.18 Å². The fraction of sp³-hybridized carbons (Fsp3) is 0.200. The number of carbonyl (C=O) groups is 2. The number of aromatic carboxylic acids is 1. The van der Waals surface area contributed by atoms with E-state index in [4.69, 9.17) is 5.11 Å². The number of amides is 1. The van der Waals surface area contributed by atoms with Crippen molar-refractivity contribution in [3.05, 3.63) is 23.5 Å². The Balaban J connectivity index is 3.23. The molecular formula is C10H7F4NO4. The molecule has 1 aromatic carbocycles. The SMILES string of the molecule is COc1cc(C(=O)O)c(NC(=O)C(F)(F)F)cc1F. The van der Waals surface area contributed by atoms with E-state index in [1.807, 2.05) is 0 Å². The lowest BCUT2D eigenvalue weighted by Crippen LogP contribution is -2.30. The largest absolute Gasteiger partial charge is 0.494 e. The summed E-state index contributed by atoms with van der Waals surface area (Å²) in [5.74, 6) is -5.62. The van der Waals surface area contributed by atoms with Crippen LogP contribution in [0.4, 0.5) is 23.2 Å². The van der Waals surface area contributed by atoms with Gasteiger partial charge in [0.05, 0.1) is 18.4 Å². The Morgan fingerprint density at radius 1 is 1.32 bits per heavy atom. The zero-order valence-corrected chi connectivity index (χ0v) is 9.34. The number of nitrogens with one attached hydrogen (secondary N) is 1. The van der Waals surface area contributed by atoms with Crippen LogP contribution in [0.2, 0.25) is 0 Å². The van der Waals surface area contributed by atoms with Gasteiger partial charge < -0.3 is 15.2 Å². The Bertz CT molecular complexity index is 527. The summed E-state index contributed by atoms with van der Waals surface area (Å²) in [5.41, 5.74) is -1.54. The molecule has 19 heavy (non-hydrogen) atoms. The van der Waals surface area contributed by atoms with E-state index >= 15 is 0 Å². The molecule has 5 nitrogen and oxygen atoms in total. The zero-order valence-electron chi connectivity index (χ0n) is 9.34. The average Bonchev–Trinajstić information content (AvgIpc) is 2.27. The summed E-state index contributed by atoms with van der Waals surface area (Å²) in [7, 11) is 1.05. The van der Waals surface area contributed by atoms with Crippen LogP contribution in [0.25, 0.3) is 0 Å². The van der Waals surface area contributed by atoms with Crippen LogP contribution in [0.3, 0.4) is 0 Å². The van der Waals surface area contributed by atoms with E-state index < -0.39 is 40.9 Å². The van der Waals surface area contributed by atoms with Crippen LogP contribution in [0.15, 0.2) is 12.1 Å². The molecule has 0 saturated heterocycles. The van der Waals surface area contributed by atoms with E-state index in [-0.39, 0.29) is 0 Å². The molecule has 0 aromatic heterocycles. The van der Waals surface area contributed by atoms with Crippen molar-refractivity contribution in [3.63, 3.8) is 0 Å². The fourth-order valence-corrected chi connectivity index (χ4v) is 1.18. The molecule has 0 aliphatic heterocycles. The minimum Gasteiger partial charge on any atom is -0.494 e. The molecule has 1 amide bonds. The van der Waals surface area contributed by atoms with Gasteiger partial charge in [0.15, 0.2) is 11.6 Å². The van der Waals surface area contributed by atoms with Gasteiger partial charge in [-0.1, -0.05) is 0 Å². The van der Waals surface area contributed by atoms with Crippen molar-refractivity contribution in [3.8, 4) is 5.75 Å². The molecule has 0 saturated carbocycles. The molecule has 0 aliphatic carbocycles. The van der Waals surface area contributed by atoms with Crippen molar-refractivity contribution in [1.29, 1.82) is 0 Å². The number of hydrogen-bond donors (Lipinski definition) is 2. The first-order valence-electron chi connectivity index (χ1n) is 4.65. The number of ether oxygens (including phenoxy) is 1. The fourth-order valence-electron chi connectivity index (χ4n) is 1.18. The van der Waals surface area contributed by atoms with E-state index in [9.17, 15) is 27.2 Å². The maximum Gasteiger partial charge on any atom is 0.471 e. The quantitative estimate of drug-likeness (QED) is 0.831. The number of anilines is 1. The molecular weight excluding hydrogens is 274 g/mol. The summed E-state index contributed by atoms with van der Waals surface area (Å²) >= 11 is 0. The molecule has 0 unspecified atom stereocenters. The number of carboxylic acids is 1.